The fraction of sp³-hybridized carbons (Fsp3) is 0.333. The molecule has 90 valence electrons. The Bertz CT molecular complexity index is 564. The van der Waals surface area contributed by atoms with Crippen LogP contribution in [0.2, 0.25) is 0 Å². The first-order valence-corrected chi connectivity index (χ1v) is 5.36. The zero-order chi connectivity index (χ0) is 12.4. The zero-order valence-corrected chi connectivity index (χ0v) is 9.65. The maximum absolute atomic E-state index is 11.4. The fourth-order valence-electron chi connectivity index (χ4n) is 1.73. The lowest BCUT2D eigenvalue weighted by molar-refractivity contribution is 0.405. The highest BCUT2D eigenvalue weighted by atomic mass is 16.5. The van der Waals surface area contributed by atoms with Crippen molar-refractivity contribution in [3.63, 3.8) is 0 Å². The Hall–Kier alpha value is -2.04. The molecule has 2 rings (SSSR count). The maximum atomic E-state index is 11.4. The largest absolute Gasteiger partial charge is 0.491 e. The molecule has 0 radical (unpaired) electrons. The number of furan rings is 1. The van der Waals surface area contributed by atoms with Crippen molar-refractivity contribution < 1.29 is 9.15 Å². The summed E-state index contributed by atoms with van der Waals surface area (Å²) in [7, 11) is 1.37. The van der Waals surface area contributed by atoms with Crippen molar-refractivity contribution in [3.05, 3.63) is 44.6 Å². The Balaban J connectivity index is 2.23. The first kappa shape index (κ1) is 11.4. The highest BCUT2D eigenvalue weighted by molar-refractivity contribution is 5.62. The Morgan fingerprint density at radius 1 is 1.41 bits per heavy atom. The van der Waals surface area contributed by atoms with Crippen LogP contribution in [0.5, 0.6) is 5.75 Å². The Morgan fingerprint density at radius 3 is 2.71 bits per heavy atom. The predicted octanol–water partition coefficient (Wildman–Crippen LogP) is 1.45. The zero-order valence-electron chi connectivity index (χ0n) is 9.65. The molecule has 5 nitrogen and oxygen atoms in total. The van der Waals surface area contributed by atoms with Gasteiger partial charge in [0.05, 0.1) is 19.4 Å². The predicted molar refractivity (Wildman–Crippen MR) is 63.3 cm³/mol. The molecule has 0 aliphatic rings. The molecule has 0 saturated heterocycles. The lowest BCUT2D eigenvalue weighted by Crippen LogP contribution is -2.36. The third kappa shape index (κ3) is 1.84. The van der Waals surface area contributed by atoms with Crippen molar-refractivity contribution >= 4 is 5.69 Å². The molecule has 2 aromatic rings. The summed E-state index contributed by atoms with van der Waals surface area (Å²) >= 11 is 0. The van der Waals surface area contributed by atoms with Gasteiger partial charge in [0.15, 0.2) is 5.75 Å². The second-order valence-electron chi connectivity index (χ2n) is 3.69. The molecule has 5 heteroatoms. The lowest BCUT2D eigenvalue weighted by atomic mass is 10.1. The van der Waals surface area contributed by atoms with E-state index in [2.05, 4.69) is 5.32 Å². The lowest BCUT2D eigenvalue weighted by Gasteiger charge is -2.18. The smallest absolute Gasteiger partial charge is 0.271 e. The molecule has 1 atom stereocenters. The van der Waals surface area contributed by atoms with Gasteiger partial charge in [-0.3, -0.25) is 9.59 Å². The quantitative estimate of drug-likeness (QED) is 0.794. The Labute approximate surface area is 97.7 Å². The van der Waals surface area contributed by atoms with Crippen LogP contribution in [0.4, 0.5) is 5.69 Å². The second kappa shape index (κ2) is 4.45. The summed E-state index contributed by atoms with van der Waals surface area (Å²) in [5.74, 6) is 0.822. The van der Waals surface area contributed by atoms with E-state index < -0.39 is 10.9 Å². The van der Waals surface area contributed by atoms with Crippen molar-refractivity contribution in [1.82, 2.24) is 0 Å². The van der Waals surface area contributed by atoms with Gasteiger partial charge in [0, 0.05) is 0 Å². The van der Waals surface area contributed by atoms with Crippen LogP contribution < -0.4 is 20.9 Å². The number of hydrogen-bond donors (Lipinski definition) is 1. The molecule has 1 aromatic heterocycles. The summed E-state index contributed by atoms with van der Waals surface area (Å²) in [5.41, 5.74) is -0.878. The van der Waals surface area contributed by atoms with Gasteiger partial charge in [0.2, 0.25) is 0 Å². The number of rotatable bonds is 5. The van der Waals surface area contributed by atoms with Gasteiger partial charge in [-0.15, -0.1) is 0 Å². The highest BCUT2D eigenvalue weighted by Crippen LogP contribution is 2.25. The maximum Gasteiger partial charge on any atom is 0.271 e. The van der Waals surface area contributed by atoms with E-state index in [1.807, 2.05) is 13.0 Å². The van der Waals surface area contributed by atoms with Gasteiger partial charge in [-0.05, 0) is 18.6 Å². The average molecular weight is 235 g/mol. The van der Waals surface area contributed by atoms with Crippen molar-refractivity contribution in [2.75, 3.05) is 12.4 Å². The highest BCUT2D eigenvalue weighted by Gasteiger charge is 2.24. The SMILES string of the molecule is CC[C@@H](Nc1c(OC)c(=O)c1=O)c1ccco1. The molecule has 0 aliphatic heterocycles. The van der Waals surface area contributed by atoms with Crippen LogP contribution in [0.15, 0.2) is 32.4 Å². The minimum Gasteiger partial charge on any atom is -0.491 e. The molecule has 0 fully saturated rings. The first-order chi connectivity index (χ1) is 8.19. The molecular formula is C12H13NO4. The summed E-state index contributed by atoms with van der Waals surface area (Å²) in [6.45, 7) is 1.96. The molecule has 0 amide bonds. The summed E-state index contributed by atoms with van der Waals surface area (Å²) in [5, 5.41) is 2.98. The molecule has 0 spiro atoms. The number of methoxy groups -OCH3 is 1. The van der Waals surface area contributed by atoms with Gasteiger partial charge in [-0.2, -0.15) is 0 Å². The summed E-state index contributed by atoms with van der Waals surface area (Å²) in [6, 6.07) is 3.46. The molecule has 17 heavy (non-hydrogen) atoms. The van der Waals surface area contributed by atoms with E-state index in [0.717, 1.165) is 12.2 Å². The molecule has 0 unspecified atom stereocenters. The van der Waals surface area contributed by atoms with Crippen LogP contribution >= 0.6 is 0 Å². The minimum atomic E-state index is -0.579. The Kier molecular flexibility index (Phi) is 2.99. The van der Waals surface area contributed by atoms with E-state index in [1.54, 1.807) is 12.3 Å². The third-order valence-corrected chi connectivity index (χ3v) is 2.68. The van der Waals surface area contributed by atoms with Gasteiger partial charge in [-0.1, -0.05) is 6.92 Å². The Morgan fingerprint density at radius 2 is 2.18 bits per heavy atom. The average Bonchev–Trinajstić information content (AvgIpc) is 2.87. The van der Waals surface area contributed by atoms with E-state index in [9.17, 15) is 9.59 Å². The number of hydrogen-bond acceptors (Lipinski definition) is 5. The van der Waals surface area contributed by atoms with Gasteiger partial charge < -0.3 is 14.5 Å². The fourth-order valence-corrected chi connectivity index (χ4v) is 1.73. The third-order valence-electron chi connectivity index (χ3n) is 2.68. The number of nitrogens with one attached hydrogen (secondary N) is 1. The van der Waals surface area contributed by atoms with Gasteiger partial charge in [0.1, 0.15) is 11.4 Å². The van der Waals surface area contributed by atoms with Gasteiger partial charge in [-0.25, -0.2) is 0 Å². The van der Waals surface area contributed by atoms with Crippen molar-refractivity contribution in [2.24, 2.45) is 0 Å². The monoisotopic (exact) mass is 235 g/mol. The first-order valence-electron chi connectivity index (χ1n) is 5.36. The minimum absolute atomic E-state index is 0.0972. The van der Waals surface area contributed by atoms with E-state index in [0.29, 0.717) is 0 Å². The molecule has 0 aliphatic carbocycles. The second-order valence-corrected chi connectivity index (χ2v) is 3.69. The van der Waals surface area contributed by atoms with Crippen LogP contribution in [-0.4, -0.2) is 7.11 Å². The van der Waals surface area contributed by atoms with Crippen molar-refractivity contribution in [3.8, 4) is 5.75 Å². The van der Waals surface area contributed by atoms with Crippen LogP contribution in [0.25, 0.3) is 0 Å². The van der Waals surface area contributed by atoms with Crippen LogP contribution in [0.1, 0.15) is 25.1 Å². The van der Waals surface area contributed by atoms with Crippen LogP contribution in [-0.2, 0) is 0 Å². The molecule has 0 saturated carbocycles. The summed E-state index contributed by atoms with van der Waals surface area (Å²) in [6.07, 6.45) is 2.30. The number of ether oxygens (including phenoxy) is 1. The standard InChI is InChI=1S/C12H13NO4/c1-3-7(8-5-4-6-17-8)13-9-10(14)11(15)12(9)16-2/h4-7,13H,3H2,1-2H3/t7-/m1/s1. The van der Waals surface area contributed by atoms with Crippen LogP contribution in [0, 0.1) is 0 Å². The summed E-state index contributed by atoms with van der Waals surface area (Å²) < 4.78 is 10.1. The van der Waals surface area contributed by atoms with Gasteiger partial charge in [0.25, 0.3) is 10.9 Å². The molecule has 1 aromatic carbocycles. The molecular weight excluding hydrogens is 222 g/mol. The van der Waals surface area contributed by atoms with E-state index >= 15 is 0 Å². The van der Waals surface area contributed by atoms with Crippen molar-refractivity contribution in [1.29, 1.82) is 0 Å². The van der Waals surface area contributed by atoms with E-state index in [4.69, 9.17) is 9.15 Å². The molecule has 0 bridgehead atoms. The topological polar surface area (TPSA) is 68.5 Å². The molecule has 1 N–H and O–H groups in total. The number of anilines is 1. The molecule has 1 heterocycles. The van der Waals surface area contributed by atoms with Gasteiger partial charge >= 0.3 is 0 Å². The van der Waals surface area contributed by atoms with Crippen molar-refractivity contribution in [2.45, 2.75) is 19.4 Å². The van der Waals surface area contributed by atoms with E-state index in [-0.39, 0.29) is 17.5 Å². The normalized spacial score (nSPS) is 12.6. The van der Waals surface area contributed by atoms with E-state index in [1.165, 1.54) is 7.11 Å². The van der Waals surface area contributed by atoms with Crippen LogP contribution in [0.3, 0.4) is 0 Å². The summed E-state index contributed by atoms with van der Waals surface area (Å²) in [4.78, 5) is 22.5.